The van der Waals surface area contributed by atoms with Crippen LogP contribution in [-0.2, 0) is 11.2 Å². The maximum absolute atomic E-state index is 11.4. The van der Waals surface area contributed by atoms with Crippen LogP contribution >= 0.6 is 0 Å². The Morgan fingerprint density at radius 2 is 2.06 bits per heavy atom. The third kappa shape index (κ3) is 5.46. The van der Waals surface area contributed by atoms with Gasteiger partial charge in [0.25, 0.3) is 0 Å². The summed E-state index contributed by atoms with van der Waals surface area (Å²) in [7, 11) is 0. The average Bonchev–Trinajstić information content (AvgIpc) is 2.33. The summed E-state index contributed by atoms with van der Waals surface area (Å²) in [5.41, 5.74) is 1.13. The fourth-order valence-electron chi connectivity index (χ4n) is 1.36. The highest BCUT2D eigenvalue weighted by atomic mass is 16.2. The minimum atomic E-state index is 0.0646. The molecule has 2 N–H and O–H groups in total. The van der Waals surface area contributed by atoms with Gasteiger partial charge < -0.3 is 10.4 Å². The number of nitrogens with zero attached hydrogens (tertiary/aromatic N) is 1. The Kier molecular flexibility index (Phi) is 6.18. The Bertz CT molecular complexity index is 301. The first-order valence-electron chi connectivity index (χ1n) is 5.59. The molecule has 4 nitrogen and oxygen atoms in total. The third-order valence-corrected chi connectivity index (χ3v) is 2.30. The van der Waals surface area contributed by atoms with Crippen molar-refractivity contribution in [3.8, 4) is 0 Å². The monoisotopic (exact) mass is 222 g/mol. The summed E-state index contributed by atoms with van der Waals surface area (Å²) in [6, 6.07) is 3.83. The largest absolute Gasteiger partial charge is 0.396 e. The van der Waals surface area contributed by atoms with Crippen molar-refractivity contribution in [1.29, 1.82) is 0 Å². The van der Waals surface area contributed by atoms with Gasteiger partial charge >= 0.3 is 0 Å². The minimum Gasteiger partial charge on any atom is -0.396 e. The fourth-order valence-corrected chi connectivity index (χ4v) is 1.36. The minimum absolute atomic E-state index is 0.0646. The molecule has 1 aromatic heterocycles. The number of pyridine rings is 1. The first kappa shape index (κ1) is 12.6. The predicted molar refractivity (Wildman–Crippen MR) is 61.9 cm³/mol. The van der Waals surface area contributed by atoms with Crippen LogP contribution in [0.2, 0.25) is 0 Å². The van der Waals surface area contributed by atoms with Gasteiger partial charge in [-0.05, 0) is 37.0 Å². The summed E-state index contributed by atoms with van der Waals surface area (Å²) in [6.45, 7) is 0.836. The highest BCUT2D eigenvalue weighted by Crippen LogP contribution is 2.00. The molecule has 0 spiro atoms. The van der Waals surface area contributed by atoms with E-state index in [1.54, 1.807) is 12.4 Å². The summed E-state index contributed by atoms with van der Waals surface area (Å²) < 4.78 is 0. The highest BCUT2D eigenvalue weighted by Gasteiger charge is 2.00. The molecule has 4 heteroatoms. The topological polar surface area (TPSA) is 62.2 Å². The van der Waals surface area contributed by atoms with Crippen LogP contribution in [0, 0.1) is 0 Å². The van der Waals surface area contributed by atoms with Gasteiger partial charge in [-0.25, -0.2) is 0 Å². The predicted octanol–water partition coefficient (Wildman–Crippen LogP) is 0.903. The standard InChI is InChI=1S/C12H18N2O2/c15-10-2-1-7-14-12(16)4-3-11-5-8-13-9-6-11/h5-6,8-9,15H,1-4,7,10H2,(H,14,16). The molecule has 0 saturated heterocycles. The molecule has 0 aliphatic heterocycles. The van der Waals surface area contributed by atoms with E-state index >= 15 is 0 Å². The van der Waals surface area contributed by atoms with E-state index in [0.29, 0.717) is 13.0 Å². The molecule has 0 aromatic carbocycles. The molecule has 0 saturated carbocycles. The van der Waals surface area contributed by atoms with Crippen molar-refractivity contribution in [2.24, 2.45) is 0 Å². The molecule has 0 bridgehead atoms. The number of hydrogen-bond donors (Lipinski definition) is 2. The van der Waals surface area contributed by atoms with Gasteiger partial charge in [-0.1, -0.05) is 0 Å². The normalized spacial score (nSPS) is 10.1. The molecule has 0 unspecified atom stereocenters. The number of aryl methyl sites for hydroxylation is 1. The second-order valence-corrected chi connectivity index (χ2v) is 3.64. The van der Waals surface area contributed by atoms with Crippen molar-refractivity contribution in [2.75, 3.05) is 13.2 Å². The average molecular weight is 222 g/mol. The quantitative estimate of drug-likeness (QED) is 0.674. The number of aliphatic hydroxyl groups excluding tert-OH is 1. The first-order chi connectivity index (χ1) is 7.83. The van der Waals surface area contributed by atoms with E-state index in [2.05, 4.69) is 10.3 Å². The molecule has 1 heterocycles. The van der Waals surface area contributed by atoms with Gasteiger partial charge in [-0.3, -0.25) is 9.78 Å². The van der Waals surface area contributed by atoms with Gasteiger partial charge in [0.1, 0.15) is 0 Å². The van der Waals surface area contributed by atoms with Crippen molar-refractivity contribution in [3.63, 3.8) is 0 Å². The molecule has 1 rings (SSSR count). The van der Waals surface area contributed by atoms with Gasteiger partial charge in [0, 0.05) is 32.0 Å². The van der Waals surface area contributed by atoms with E-state index in [4.69, 9.17) is 5.11 Å². The number of carbonyl (C=O) groups excluding carboxylic acids is 1. The van der Waals surface area contributed by atoms with Gasteiger partial charge in [0.2, 0.25) is 5.91 Å². The lowest BCUT2D eigenvalue weighted by molar-refractivity contribution is -0.121. The Balaban J connectivity index is 2.11. The number of hydrogen-bond acceptors (Lipinski definition) is 3. The van der Waals surface area contributed by atoms with Crippen LogP contribution in [0.4, 0.5) is 0 Å². The van der Waals surface area contributed by atoms with E-state index in [-0.39, 0.29) is 12.5 Å². The van der Waals surface area contributed by atoms with E-state index in [1.165, 1.54) is 0 Å². The van der Waals surface area contributed by atoms with E-state index in [0.717, 1.165) is 24.8 Å². The zero-order chi connectivity index (χ0) is 11.6. The molecular formula is C12H18N2O2. The molecule has 1 amide bonds. The number of rotatable bonds is 7. The van der Waals surface area contributed by atoms with Crippen molar-refractivity contribution in [1.82, 2.24) is 10.3 Å². The second-order valence-electron chi connectivity index (χ2n) is 3.64. The molecule has 0 radical (unpaired) electrons. The zero-order valence-electron chi connectivity index (χ0n) is 9.35. The molecule has 0 atom stereocenters. The van der Waals surface area contributed by atoms with E-state index in [9.17, 15) is 4.79 Å². The molecule has 1 aromatic rings. The molecule has 0 fully saturated rings. The van der Waals surface area contributed by atoms with Gasteiger partial charge in [-0.15, -0.1) is 0 Å². The lowest BCUT2D eigenvalue weighted by atomic mass is 10.1. The van der Waals surface area contributed by atoms with Crippen molar-refractivity contribution in [3.05, 3.63) is 30.1 Å². The third-order valence-electron chi connectivity index (χ3n) is 2.30. The van der Waals surface area contributed by atoms with Gasteiger partial charge in [0.15, 0.2) is 0 Å². The van der Waals surface area contributed by atoms with Crippen LogP contribution in [0.5, 0.6) is 0 Å². The number of carbonyl (C=O) groups is 1. The summed E-state index contributed by atoms with van der Waals surface area (Å²) in [6.07, 6.45) is 6.28. The summed E-state index contributed by atoms with van der Waals surface area (Å²) >= 11 is 0. The van der Waals surface area contributed by atoms with Crippen molar-refractivity contribution < 1.29 is 9.90 Å². The zero-order valence-corrected chi connectivity index (χ0v) is 9.35. The number of aromatic nitrogens is 1. The Morgan fingerprint density at radius 3 is 2.75 bits per heavy atom. The number of amides is 1. The molecule has 0 aliphatic rings. The number of aliphatic hydroxyl groups is 1. The van der Waals surface area contributed by atoms with Gasteiger partial charge in [0.05, 0.1) is 0 Å². The van der Waals surface area contributed by atoms with E-state index in [1.807, 2.05) is 12.1 Å². The molecule has 88 valence electrons. The SMILES string of the molecule is O=C(CCc1ccncc1)NCCCCO. The van der Waals surface area contributed by atoms with E-state index < -0.39 is 0 Å². The Labute approximate surface area is 95.7 Å². The lowest BCUT2D eigenvalue weighted by Crippen LogP contribution is -2.24. The van der Waals surface area contributed by atoms with Crippen LogP contribution in [0.15, 0.2) is 24.5 Å². The van der Waals surface area contributed by atoms with Crippen molar-refractivity contribution in [2.45, 2.75) is 25.7 Å². The molecular weight excluding hydrogens is 204 g/mol. The fraction of sp³-hybridized carbons (Fsp3) is 0.500. The maximum atomic E-state index is 11.4. The van der Waals surface area contributed by atoms with Crippen LogP contribution in [-0.4, -0.2) is 29.1 Å². The lowest BCUT2D eigenvalue weighted by Gasteiger charge is -2.04. The summed E-state index contributed by atoms with van der Waals surface area (Å²) in [4.78, 5) is 15.3. The van der Waals surface area contributed by atoms with Gasteiger partial charge in [-0.2, -0.15) is 0 Å². The van der Waals surface area contributed by atoms with Crippen LogP contribution in [0.3, 0.4) is 0 Å². The first-order valence-corrected chi connectivity index (χ1v) is 5.59. The summed E-state index contributed by atoms with van der Waals surface area (Å²) in [5, 5.41) is 11.4. The van der Waals surface area contributed by atoms with Crippen LogP contribution in [0.1, 0.15) is 24.8 Å². The maximum Gasteiger partial charge on any atom is 0.220 e. The molecule has 16 heavy (non-hydrogen) atoms. The number of nitrogens with one attached hydrogen (secondary N) is 1. The van der Waals surface area contributed by atoms with Crippen molar-refractivity contribution >= 4 is 5.91 Å². The number of unbranched alkanes of at least 4 members (excludes halogenated alkanes) is 1. The highest BCUT2D eigenvalue weighted by molar-refractivity contribution is 5.76. The Morgan fingerprint density at radius 1 is 1.31 bits per heavy atom. The van der Waals surface area contributed by atoms with Crippen LogP contribution < -0.4 is 5.32 Å². The summed E-state index contributed by atoms with van der Waals surface area (Å²) in [5.74, 6) is 0.0646. The molecule has 0 aliphatic carbocycles. The Hall–Kier alpha value is -1.42. The smallest absolute Gasteiger partial charge is 0.220 e. The van der Waals surface area contributed by atoms with Crippen LogP contribution in [0.25, 0.3) is 0 Å². The second kappa shape index (κ2) is 7.82.